The molecule has 0 aliphatic heterocycles. The first kappa shape index (κ1) is 29.7. The fourth-order valence-electron chi connectivity index (χ4n) is 5.08. The van der Waals surface area contributed by atoms with E-state index in [4.69, 9.17) is 4.43 Å². The predicted octanol–water partition coefficient (Wildman–Crippen LogP) is 10.2. The summed E-state index contributed by atoms with van der Waals surface area (Å²) in [5.41, 5.74) is 3.95. The first-order valence-electron chi connectivity index (χ1n) is 13.9. The van der Waals surface area contributed by atoms with E-state index in [1.165, 1.54) is 23.1 Å². The van der Waals surface area contributed by atoms with Gasteiger partial charge in [-0.2, -0.15) is 0 Å². The van der Waals surface area contributed by atoms with Crippen LogP contribution in [0.5, 0.6) is 0 Å². The number of hydrogen-bond acceptors (Lipinski definition) is 2. The molecule has 0 aliphatic carbocycles. The molecular weight excluding hydrogens is 485 g/mol. The lowest BCUT2D eigenvalue weighted by atomic mass is 9.84. The maximum absolute atomic E-state index is 7.18. The van der Waals surface area contributed by atoms with Gasteiger partial charge in [-0.1, -0.05) is 133 Å². The van der Waals surface area contributed by atoms with E-state index in [1.807, 2.05) is 11.8 Å². The van der Waals surface area contributed by atoms with Crippen molar-refractivity contribution in [3.8, 4) is 0 Å². The summed E-state index contributed by atoms with van der Waals surface area (Å²) in [4.78, 5) is 0. The van der Waals surface area contributed by atoms with Gasteiger partial charge in [0.05, 0.1) is 10.9 Å². The van der Waals surface area contributed by atoms with Gasteiger partial charge in [0.1, 0.15) is 0 Å². The summed E-state index contributed by atoms with van der Waals surface area (Å²) in [5, 5.41) is 0.187. The van der Waals surface area contributed by atoms with Crippen LogP contribution < -0.4 is 0 Å². The standard InChI is InChI=1S/C34H48OSSi/c1-27(2)24-28(3)25-32(35-37(7,8)33(4,5)6)26-36-34(29-18-12-9-13-19-29,30-20-14-10-15-21-30)31-22-16-11-17-23-31/h9-23,27-28,32H,24-26H2,1-8H3/t28-,32+/m1/s1. The van der Waals surface area contributed by atoms with Crippen molar-refractivity contribution in [2.24, 2.45) is 11.8 Å². The minimum atomic E-state index is -1.92. The largest absolute Gasteiger partial charge is 0.413 e. The molecule has 3 aromatic rings. The van der Waals surface area contributed by atoms with Gasteiger partial charge >= 0.3 is 0 Å². The summed E-state index contributed by atoms with van der Waals surface area (Å²) in [6, 6.07) is 33.1. The summed E-state index contributed by atoms with van der Waals surface area (Å²) in [7, 11) is -1.92. The van der Waals surface area contributed by atoms with Gasteiger partial charge in [0.25, 0.3) is 0 Å². The topological polar surface area (TPSA) is 9.23 Å². The Morgan fingerprint density at radius 2 is 1.08 bits per heavy atom. The van der Waals surface area contributed by atoms with Crippen LogP contribution >= 0.6 is 11.8 Å². The molecule has 3 rings (SSSR count). The van der Waals surface area contributed by atoms with E-state index in [0.29, 0.717) is 11.8 Å². The Hall–Kier alpha value is -1.81. The quantitative estimate of drug-likeness (QED) is 0.169. The molecule has 0 aromatic heterocycles. The van der Waals surface area contributed by atoms with Gasteiger partial charge in [-0.15, -0.1) is 11.8 Å². The zero-order valence-corrected chi connectivity index (χ0v) is 26.1. The average Bonchev–Trinajstić information content (AvgIpc) is 2.85. The molecule has 0 aliphatic rings. The van der Waals surface area contributed by atoms with Gasteiger partial charge in [0, 0.05) is 5.75 Å². The van der Waals surface area contributed by atoms with Crippen LogP contribution in [0.2, 0.25) is 18.1 Å². The number of rotatable bonds is 12. The van der Waals surface area contributed by atoms with Crippen LogP contribution in [0.1, 0.15) is 71.1 Å². The normalized spacial score (nSPS) is 14.5. The molecule has 3 heteroatoms. The molecule has 0 bridgehead atoms. The molecule has 3 aromatic carbocycles. The van der Waals surface area contributed by atoms with E-state index in [1.54, 1.807) is 0 Å². The zero-order chi connectivity index (χ0) is 27.1. The molecule has 1 nitrogen and oxygen atoms in total. The van der Waals surface area contributed by atoms with Crippen LogP contribution in [-0.4, -0.2) is 20.2 Å². The van der Waals surface area contributed by atoms with Gasteiger partial charge in [-0.3, -0.25) is 0 Å². The van der Waals surface area contributed by atoms with Crippen LogP contribution in [0.25, 0.3) is 0 Å². The number of hydrogen-bond donors (Lipinski definition) is 0. The third-order valence-corrected chi connectivity index (χ3v) is 14.0. The van der Waals surface area contributed by atoms with Crippen LogP contribution in [0, 0.1) is 11.8 Å². The zero-order valence-electron chi connectivity index (χ0n) is 24.3. The van der Waals surface area contributed by atoms with Crippen molar-refractivity contribution in [3.63, 3.8) is 0 Å². The summed E-state index contributed by atoms with van der Waals surface area (Å²) < 4.78 is 6.87. The lowest BCUT2D eigenvalue weighted by Crippen LogP contribution is -2.45. The molecule has 0 spiro atoms. The monoisotopic (exact) mass is 532 g/mol. The first-order valence-corrected chi connectivity index (χ1v) is 17.8. The molecule has 0 unspecified atom stereocenters. The third kappa shape index (κ3) is 7.62. The van der Waals surface area contributed by atoms with E-state index in [0.717, 1.165) is 12.2 Å². The highest BCUT2D eigenvalue weighted by atomic mass is 32.2. The molecule has 0 saturated heterocycles. The molecular formula is C34H48OSSi. The highest BCUT2D eigenvalue weighted by Gasteiger charge is 2.41. The number of benzene rings is 3. The van der Waals surface area contributed by atoms with Gasteiger partial charge < -0.3 is 4.43 Å². The summed E-state index contributed by atoms with van der Waals surface area (Å²) >= 11 is 2.05. The van der Waals surface area contributed by atoms with E-state index in [2.05, 4.69) is 146 Å². The van der Waals surface area contributed by atoms with Crippen molar-refractivity contribution in [1.82, 2.24) is 0 Å². The molecule has 0 N–H and O–H groups in total. The van der Waals surface area contributed by atoms with E-state index in [9.17, 15) is 0 Å². The van der Waals surface area contributed by atoms with Gasteiger partial charge in [-0.05, 0) is 59.5 Å². The Bertz CT molecular complexity index is 961. The van der Waals surface area contributed by atoms with Crippen molar-refractivity contribution in [3.05, 3.63) is 108 Å². The first-order chi connectivity index (χ1) is 17.5. The van der Waals surface area contributed by atoms with Gasteiger partial charge in [-0.25, -0.2) is 0 Å². The van der Waals surface area contributed by atoms with Crippen molar-refractivity contribution >= 4 is 20.1 Å². The van der Waals surface area contributed by atoms with Crippen LogP contribution in [0.15, 0.2) is 91.0 Å². The van der Waals surface area contributed by atoms with Crippen LogP contribution in [-0.2, 0) is 9.17 Å². The Labute approximate surface area is 232 Å². The van der Waals surface area contributed by atoms with Gasteiger partial charge in [0.15, 0.2) is 8.32 Å². The summed E-state index contributed by atoms with van der Waals surface area (Å²) in [6.07, 6.45) is 2.56. The Kier molecular flexibility index (Phi) is 10.3. The minimum Gasteiger partial charge on any atom is -0.413 e. The highest BCUT2D eigenvalue weighted by molar-refractivity contribution is 8.00. The molecule has 200 valence electrons. The molecule has 2 atom stereocenters. The molecule has 0 fully saturated rings. The molecule has 0 heterocycles. The van der Waals surface area contributed by atoms with Gasteiger partial charge in [0.2, 0.25) is 0 Å². The second-order valence-corrected chi connectivity index (χ2v) is 18.6. The van der Waals surface area contributed by atoms with Crippen molar-refractivity contribution in [2.75, 3.05) is 5.75 Å². The predicted molar refractivity (Wildman–Crippen MR) is 167 cm³/mol. The summed E-state index contributed by atoms with van der Waals surface area (Å²) in [6.45, 7) is 18.9. The Morgan fingerprint density at radius 1 is 0.676 bits per heavy atom. The fraction of sp³-hybridized carbons (Fsp3) is 0.471. The molecule has 0 radical (unpaired) electrons. The molecule has 0 saturated carbocycles. The maximum atomic E-state index is 7.18. The SMILES string of the molecule is CC(C)C[C@@H](C)C[C@@H](CSC(c1ccccc1)(c1ccccc1)c1ccccc1)O[Si](C)(C)C(C)(C)C. The van der Waals surface area contributed by atoms with Crippen LogP contribution in [0.4, 0.5) is 0 Å². The van der Waals surface area contributed by atoms with Crippen molar-refractivity contribution in [2.45, 2.75) is 83.4 Å². The fourth-order valence-corrected chi connectivity index (χ4v) is 8.12. The third-order valence-electron chi connectivity index (χ3n) is 7.83. The highest BCUT2D eigenvalue weighted by Crippen LogP contribution is 2.49. The number of thioether (sulfide) groups is 1. The van der Waals surface area contributed by atoms with Crippen molar-refractivity contribution in [1.29, 1.82) is 0 Å². The molecule has 0 amide bonds. The van der Waals surface area contributed by atoms with E-state index >= 15 is 0 Å². The molecule has 37 heavy (non-hydrogen) atoms. The van der Waals surface area contributed by atoms with Crippen molar-refractivity contribution < 1.29 is 4.43 Å². The summed E-state index contributed by atoms with van der Waals surface area (Å²) in [5.74, 6) is 2.29. The van der Waals surface area contributed by atoms with E-state index < -0.39 is 8.32 Å². The van der Waals surface area contributed by atoms with Crippen LogP contribution in [0.3, 0.4) is 0 Å². The smallest absolute Gasteiger partial charge is 0.192 e. The Balaban J connectivity index is 2.06. The lowest BCUT2D eigenvalue weighted by molar-refractivity contribution is 0.167. The minimum absolute atomic E-state index is 0.187. The lowest BCUT2D eigenvalue weighted by Gasteiger charge is -2.42. The second-order valence-electron chi connectivity index (χ2n) is 12.6. The Morgan fingerprint density at radius 3 is 1.43 bits per heavy atom. The van der Waals surface area contributed by atoms with E-state index in [-0.39, 0.29) is 15.9 Å². The second kappa shape index (κ2) is 12.8. The maximum Gasteiger partial charge on any atom is 0.192 e. The average molecular weight is 533 g/mol.